The Morgan fingerprint density at radius 1 is 1.36 bits per heavy atom. The number of hydrogen-bond donors (Lipinski definition) is 0. The van der Waals surface area contributed by atoms with Gasteiger partial charge in [-0.1, -0.05) is 0 Å². The Morgan fingerprint density at radius 2 is 2.14 bits per heavy atom. The molecular weight excluding hydrogens is 178 g/mol. The van der Waals surface area contributed by atoms with Crippen LogP contribution in [0.25, 0.3) is 11.6 Å². The molecule has 0 amide bonds. The highest BCUT2D eigenvalue weighted by atomic mass is 16.3. The summed E-state index contributed by atoms with van der Waals surface area (Å²) in [5.41, 5.74) is -0.0361. The highest BCUT2D eigenvalue weighted by Crippen LogP contribution is 2.23. The van der Waals surface area contributed by atoms with E-state index in [9.17, 15) is 0 Å². The third kappa shape index (κ3) is 1.43. The molecule has 74 valence electrons. The van der Waals surface area contributed by atoms with Gasteiger partial charge >= 0.3 is 0 Å². The van der Waals surface area contributed by atoms with E-state index in [0.717, 1.165) is 11.6 Å². The van der Waals surface area contributed by atoms with Crippen molar-refractivity contribution in [1.82, 2.24) is 14.8 Å². The van der Waals surface area contributed by atoms with Crippen LogP contribution in [0.1, 0.15) is 20.8 Å². The van der Waals surface area contributed by atoms with E-state index >= 15 is 0 Å². The van der Waals surface area contributed by atoms with Gasteiger partial charge in [-0.3, -0.25) is 0 Å². The third-order valence-electron chi connectivity index (χ3n) is 2.01. The number of hydrogen-bond acceptors (Lipinski definition) is 3. The van der Waals surface area contributed by atoms with Gasteiger partial charge in [-0.15, -0.1) is 10.2 Å². The van der Waals surface area contributed by atoms with Crippen molar-refractivity contribution in [2.24, 2.45) is 0 Å². The summed E-state index contributed by atoms with van der Waals surface area (Å²) in [5.74, 6) is 1.51. The fourth-order valence-electron chi connectivity index (χ4n) is 1.30. The maximum atomic E-state index is 5.29. The smallest absolute Gasteiger partial charge is 0.200 e. The van der Waals surface area contributed by atoms with Gasteiger partial charge in [0.15, 0.2) is 11.6 Å². The summed E-state index contributed by atoms with van der Waals surface area (Å²) in [5, 5.41) is 7.94. The van der Waals surface area contributed by atoms with Crippen LogP contribution in [0.4, 0.5) is 0 Å². The molecule has 0 aliphatic heterocycles. The van der Waals surface area contributed by atoms with Crippen LogP contribution in [0.15, 0.2) is 29.1 Å². The van der Waals surface area contributed by atoms with E-state index in [1.54, 1.807) is 12.6 Å². The van der Waals surface area contributed by atoms with E-state index in [1.165, 1.54) is 0 Å². The maximum Gasteiger partial charge on any atom is 0.200 e. The van der Waals surface area contributed by atoms with Crippen LogP contribution in [0, 0.1) is 0 Å². The second kappa shape index (κ2) is 2.97. The second-order valence-electron chi connectivity index (χ2n) is 4.17. The lowest BCUT2D eigenvalue weighted by molar-refractivity contribution is 0.395. The van der Waals surface area contributed by atoms with Gasteiger partial charge in [0.05, 0.1) is 6.26 Å². The maximum absolute atomic E-state index is 5.29. The molecule has 2 aromatic heterocycles. The van der Waals surface area contributed by atoms with Gasteiger partial charge in [-0.2, -0.15) is 0 Å². The van der Waals surface area contributed by atoms with Crippen LogP contribution in [0.2, 0.25) is 0 Å². The predicted molar refractivity (Wildman–Crippen MR) is 52.7 cm³/mol. The Morgan fingerprint density at radius 3 is 2.71 bits per heavy atom. The standard InChI is InChI=1S/C10H13N3O/c1-10(2,3)13-7-11-12-9(13)8-5-4-6-14-8/h4-7H,1-3H3. The summed E-state index contributed by atoms with van der Waals surface area (Å²) < 4.78 is 7.28. The molecular formula is C10H13N3O. The molecule has 0 aromatic carbocycles. The van der Waals surface area contributed by atoms with E-state index in [-0.39, 0.29) is 5.54 Å². The molecule has 0 atom stereocenters. The van der Waals surface area contributed by atoms with Gasteiger partial charge in [0.2, 0.25) is 0 Å². The van der Waals surface area contributed by atoms with Gasteiger partial charge in [0, 0.05) is 5.54 Å². The Kier molecular flexibility index (Phi) is 1.91. The zero-order valence-corrected chi connectivity index (χ0v) is 8.56. The molecule has 0 saturated carbocycles. The molecule has 0 unspecified atom stereocenters. The molecule has 2 heterocycles. The summed E-state index contributed by atoms with van der Waals surface area (Å²) in [4.78, 5) is 0. The Hall–Kier alpha value is -1.58. The quantitative estimate of drug-likeness (QED) is 0.694. The fourth-order valence-corrected chi connectivity index (χ4v) is 1.30. The topological polar surface area (TPSA) is 43.9 Å². The summed E-state index contributed by atoms with van der Waals surface area (Å²) >= 11 is 0. The zero-order chi connectivity index (χ0) is 10.2. The van der Waals surface area contributed by atoms with Crippen LogP contribution >= 0.6 is 0 Å². The molecule has 0 fully saturated rings. The first-order chi connectivity index (χ1) is 6.59. The Bertz CT molecular complexity index is 409. The number of furan rings is 1. The van der Waals surface area contributed by atoms with Crippen molar-refractivity contribution in [3.05, 3.63) is 24.7 Å². The predicted octanol–water partition coefficient (Wildman–Crippen LogP) is 2.29. The van der Waals surface area contributed by atoms with Crippen LogP contribution in [0.5, 0.6) is 0 Å². The number of nitrogens with zero attached hydrogens (tertiary/aromatic N) is 3. The lowest BCUT2D eigenvalue weighted by Gasteiger charge is -2.21. The van der Waals surface area contributed by atoms with Crippen molar-refractivity contribution in [1.29, 1.82) is 0 Å². The summed E-state index contributed by atoms with van der Waals surface area (Å²) in [6, 6.07) is 3.73. The van der Waals surface area contributed by atoms with Crippen LogP contribution in [0.3, 0.4) is 0 Å². The van der Waals surface area contributed by atoms with Crippen LogP contribution in [-0.4, -0.2) is 14.8 Å². The van der Waals surface area contributed by atoms with Crippen molar-refractivity contribution in [2.75, 3.05) is 0 Å². The lowest BCUT2D eigenvalue weighted by atomic mass is 10.1. The highest BCUT2D eigenvalue weighted by molar-refractivity contribution is 5.46. The van der Waals surface area contributed by atoms with Crippen LogP contribution < -0.4 is 0 Å². The molecule has 2 aromatic rings. The highest BCUT2D eigenvalue weighted by Gasteiger charge is 2.19. The minimum atomic E-state index is -0.0361. The molecule has 4 heteroatoms. The summed E-state index contributed by atoms with van der Waals surface area (Å²) in [6.45, 7) is 6.30. The first-order valence-electron chi connectivity index (χ1n) is 4.53. The van der Waals surface area contributed by atoms with E-state index in [1.807, 2.05) is 16.7 Å². The van der Waals surface area contributed by atoms with E-state index in [4.69, 9.17) is 4.42 Å². The van der Waals surface area contributed by atoms with E-state index in [2.05, 4.69) is 31.0 Å². The lowest BCUT2D eigenvalue weighted by Crippen LogP contribution is -2.21. The van der Waals surface area contributed by atoms with Gasteiger partial charge in [-0.25, -0.2) is 0 Å². The molecule has 0 radical (unpaired) electrons. The van der Waals surface area contributed by atoms with Crippen molar-refractivity contribution < 1.29 is 4.42 Å². The fraction of sp³-hybridized carbons (Fsp3) is 0.400. The first-order valence-corrected chi connectivity index (χ1v) is 4.53. The van der Waals surface area contributed by atoms with Crippen molar-refractivity contribution >= 4 is 0 Å². The van der Waals surface area contributed by atoms with Gasteiger partial charge in [-0.05, 0) is 32.9 Å². The molecule has 0 aliphatic carbocycles. The molecule has 2 rings (SSSR count). The normalized spacial score (nSPS) is 11.9. The number of rotatable bonds is 1. The molecule has 4 nitrogen and oxygen atoms in total. The molecule has 0 N–H and O–H groups in total. The summed E-state index contributed by atoms with van der Waals surface area (Å²) in [6.07, 6.45) is 3.36. The minimum Gasteiger partial charge on any atom is -0.461 e. The van der Waals surface area contributed by atoms with E-state index < -0.39 is 0 Å². The van der Waals surface area contributed by atoms with Gasteiger partial charge in [0.25, 0.3) is 0 Å². The van der Waals surface area contributed by atoms with Gasteiger partial charge in [0.1, 0.15) is 6.33 Å². The largest absolute Gasteiger partial charge is 0.461 e. The van der Waals surface area contributed by atoms with Gasteiger partial charge < -0.3 is 8.98 Å². The molecule has 0 bridgehead atoms. The minimum absolute atomic E-state index is 0.0361. The third-order valence-corrected chi connectivity index (χ3v) is 2.01. The Balaban J connectivity index is 2.51. The monoisotopic (exact) mass is 191 g/mol. The molecule has 0 aliphatic rings. The second-order valence-corrected chi connectivity index (χ2v) is 4.17. The van der Waals surface area contributed by atoms with E-state index in [0.29, 0.717) is 0 Å². The zero-order valence-electron chi connectivity index (χ0n) is 8.56. The molecule has 0 saturated heterocycles. The van der Waals surface area contributed by atoms with Crippen molar-refractivity contribution in [2.45, 2.75) is 26.3 Å². The Labute approximate surface area is 82.6 Å². The average molecular weight is 191 g/mol. The van der Waals surface area contributed by atoms with Crippen molar-refractivity contribution in [3.63, 3.8) is 0 Å². The average Bonchev–Trinajstić information content (AvgIpc) is 2.73. The summed E-state index contributed by atoms with van der Waals surface area (Å²) in [7, 11) is 0. The molecule has 0 spiro atoms. The van der Waals surface area contributed by atoms with Crippen molar-refractivity contribution in [3.8, 4) is 11.6 Å². The van der Waals surface area contributed by atoms with Crippen LogP contribution in [-0.2, 0) is 5.54 Å². The molecule has 14 heavy (non-hydrogen) atoms. The number of aromatic nitrogens is 3. The SMILES string of the molecule is CC(C)(C)n1cnnc1-c1ccco1. The first kappa shape index (κ1) is 8.99.